The number of hydrogen-bond acceptors (Lipinski definition) is 0. The summed E-state index contributed by atoms with van der Waals surface area (Å²) in [5, 5.41) is 0. The molecule has 0 saturated carbocycles. The van der Waals surface area contributed by atoms with Crippen molar-refractivity contribution in [1.29, 1.82) is 0 Å². The number of halogens is 6. The molecule has 0 aromatic heterocycles. The molecule has 0 bridgehead atoms. The van der Waals surface area contributed by atoms with Gasteiger partial charge in [0, 0.05) is 6.42 Å². The molecule has 0 aromatic rings. The molecule has 72 valence electrons. The summed E-state index contributed by atoms with van der Waals surface area (Å²) in [6.07, 6.45) is -7.49. The van der Waals surface area contributed by atoms with Gasteiger partial charge in [0.2, 0.25) is 0 Å². The molecule has 0 fully saturated rings. The molecule has 0 amide bonds. The van der Waals surface area contributed by atoms with Crippen molar-refractivity contribution in [2.45, 2.75) is 25.4 Å². The van der Waals surface area contributed by atoms with Gasteiger partial charge in [0.05, 0.1) is 0 Å². The Hall–Kier alpha value is -0.680. The van der Waals surface area contributed by atoms with Gasteiger partial charge in [-0.15, -0.1) is 0 Å². The van der Waals surface area contributed by atoms with Crippen molar-refractivity contribution in [1.82, 2.24) is 0 Å². The van der Waals surface area contributed by atoms with Gasteiger partial charge in [0.25, 0.3) is 5.92 Å². The highest BCUT2D eigenvalue weighted by Gasteiger charge is 2.49. The average Bonchev–Trinajstić information content (AvgIpc) is 1.85. The van der Waals surface area contributed by atoms with Crippen LogP contribution in [0.25, 0.3) is 0 Å². The second-order valence-electron chi connectivity index (χ2n) is 2.08. The van der Waals surface area contributed by atoms with Gasteiger partial charge in [-0.3, -0.25) is 0 Å². The normalized spacial score (nSPS) is 15.1. The second-order valence-corrected chi connectivity index (χ2v) is 2.08. The van der Waals surface area contributed by atoms with Crippen LogP contribution in [0, 0.1) is 0 Å². The standard InChI is InChI=1S/C6H6F6/c1-2-5(8,9)4(3-7)6(10,11)12/h3H,2H2,1H3/b4-3+. The quantitative estimate of drug-likeness (QED) is 0.588. The summed E-state index contributed by atoms with van der Waals surface area (Å²) in [4.78, 5) is 0. The van der Waals surface area contributed by atoms with Crippen molar-refractivity contribution >= 4 is 0 Å². The van der Waals surface area contributed by atoms with E-state index >= 15 is 0 Å². The van der Waals surface area contributed by atoms with Crippen molar-refractivity contribution < 1.29 is 26.3 Å². The number of rotatable bonds is 2. The first-order valence-electron chi connectivity index (χ1n) is 3.01. The number of allylic oxidation sites excluding steroid dienone is 1. The molecule has 0 aliphatic heterocycles. The van der Waals surface area contributed by atoms with Crippen molar-refractivity contribution in [3.8, 4) is 0 Å². The third-order valence-electron chi connectivity index (χ3n) is 1.25. The van der Waals surface area contributed by atoms with Gasteiger partial charge < -0.3 is 0 Å². The molecule has 0 N–H and O–H groups in total. The van der Waals surface area contributed by atoms with Crippen LogP contribution in [0.5, 0.6) is 0 Å². The summed E-state index contributed by atoms with van der Waals surface area (Å²) in [5.41, 5.74) is -2.43. The van der Waals surface area contributed by atoms with Crippen LogP contribution in [0.2, 0.25) is 0 Å². The highest BCUT2D eigenvalue weighted by Crippen LogP contribution is 2.39. The Balaban J connectivity index is 4.84. The Morgan fingerprint density at radius 3 is 1.67 bits per heavy atom. The Morgan fingerprint density at radius 1 is 1.17 bits per heavy atom. The first-order valence-corrected chi connectivity index (χ1v) is 3.01. The van der Waals surface area contributed by atoms with E-state index in [9.17, 15) is 26.3 Å². The zero-order valence-electron chi connectivity index (χ0n) is 6.05. The second kappa shape index (κ2) is 3.37. The van der Waals surface area contributed by atoms with Crippen LogP contribution in [0.15, 0.2) is 11.9 Å². The summed E-state index contributed by atoms with van der Waals surface area (Å²) in [6.45, 7) is 0.842. The van der Waals surface area contributed by atoms with E-state index in [1.807, 2.05) is 0 Å². The average molecular weight is 192 g/mol. The molecule has 0 heterocycles. The minimum absolute atomic E-state index is 0.842. The molecule has 0 unspecified atom stereocenters. The lowest BCUT2D eigenvalue weighted by atomic mass is 10.1. The van der Waals surface area contributed by atoms with Crippen LogP contribution in [0.4, 0.5) is 26.3 Å². The maximum Gasteiger partial charge on any atom is 0.420 e. The van der Waals surface area contributed by atoms with E-state index in [0.717, 1.165) is 6.92 Å². The molecule has 0 aliphatic carbocycles. The lowest BCUT2D eigenvalue weighted by Crippen LogP contribution is -2.29. The van der Waals surface area contributed by atoms with Crippen LogP contribution in [0.1, 0.15) is 13.3 Å². The zero-order valence-corrected chi connectivity index (χ0v) is 6.05. The van der Waals surface area contributed by atoms with E-state index in [4.69, 9.17) is 0 Å². The molecule has 0 radical (unpaired) electrons. The molecule has 0 spiro atoms. The van der Waals surface area contributed by atoms with Gasteiger partial charge >= 0.3 is 6.18 Å². The van der Waals surface area contributed by atoms with Gasteiger partial charge in [-0.05, 0) is 0 Å². The third-order valence-corrected chi connectivity index (χ3v) is 1.25. The van der Waals surface area contributed by atoms with E-state index in [1.165, 1.54) is 0 Å². The maximum absolute atomic E-state index is 12.3. The van der Waals surface area contributed by atoms with Gasteiger partial charge in [0.1, 0.15) is 11.9 Å². The van der Waals surface area contributed by atoms with Crippen molar-refractivity contribution in [3.05, 3.63) is 11.9 Å². The topological polar surface area (TPSA) is 0 Å². The number of hydrogen-bond donors (Lipinski definition) is 0. The van der Waals surface area contributed by atoms with Crippen LogP contribution in [-0.4, -0.2) is 12.1 Å². The first-order chi connectivity index (χ1) is 5.25. The summed E-state index contributed by atoms with van der Waals surface area (Å²) >= 11 is 0. The van der Waals surface area contributed by atoms with E-state index in [-0.39, 0.29) is 0 Å². The fourth-order valence-corrected chi connectivity index (χ4v) is 0.539. The van der Waals surface area contributed by atoms with Crippen LogP contribution >= 0.6 is 0 Å². The molecular weight excluding hydrogens is 186 g/mol. The first kappa shape index (κ1) is 11.3. The molecule has 6 heteroatoms. The molecule has 0 saturated heterocycles. The van der Waals surface area contributed by atoms with E-state index < -0.39 is 30.4 Å². The Kier molecular flexibility index (Phi) is 3.17. The highest BCUT2D eigenvalue weighted by atomic mass is 19.4. The summed E-state index contributed by atoms with van der Waals surface area (Å²) in [5.74, 6) is -4.15. The summed E-state index contributed by atoms with van der Waals surface area (Å²) in [6, 6.07) is 0. The molecule has 12 heavy (non-hydrogen) atoms. The van der Waals surface area contributed by atoms with Crippen LogP contribution in [-0.2, 0) is 0 Å². The summed E-state index contributed by atoms with van der Waals surface area (Å²) in [7, 11) is 0. The predicted octanol–water partition coefficient (Wildman–Crippen LogP) is 3.45. The Morgan fingerprint density at radius 2 is 1.58 bits per heavy atom. The SMILES string of the molecule is CCC(F)(F)/C(=C\F)C(F)(F)F. The molecule has 0 aliphatic rings. The van der Waals surface area contributed by atoms with Crippen LogP contribution < -0.4 is 0 Å². The molecular formula is C6H6F6. The van der Waals surface area contributed by atoms with E-state index in [2.05, 4.69) is 0 Å². The van der Waals surface area contributed by atoms with Crippen LogP contribution in [0.3, 0.4) is 0 Å². The fraction of sp³-hybridized carbons (Fsp3) is 0.667. The van der Waals surface area contributed by atoms with Crippen molar-refractivity contribution in [2.24, 2.45) is 0 Å². The largest absolute Gasteiger partial charge is 0.420 e. The van der Waals surface area contributed by atoms with Gasteiger partial charge in [-0.25, -0.2) is 13.2 Å². The third kappa shape index (κ3) is 2.42. The molecule has 0 aromatic carbocycles. The van der Waals surface area contributed by atoms with Crippen molar-refractivity contribution in [3.63, 3.8) is 0 Å². The van der Waals surface area contributed by atoms with Gasteiger partial charge in [0.15, 0.2) is 0 Å². The zero-order chi connectivity index (χ0) is 9.99. The maximum atomic E-state index is 12.3. The Bertz CT molecular complexity index is 177. The van der Waals surface area contributed by atoms with E-state index in [0.29, 0.717) is 0 Å². The minimum atomic E-state index is -5.31. The van der Waals surface area contributed by atoms with E-state index in [1.54, 1.807) is 0 Å². The molecule has 0 rings (SSSR count). The predicted molar refractivity (Wildman–Crippen MR) is 30.5 cm³/mol. The monoisotopic (exact) mass is 192 g/mol. The summed E-state index contributed by atoms with van der Waals surface area (Å²) < 4.78 is 70.9. The number of alkyl halides is 5. The van der Waals surface area contributed by atoms with Gasteiger partial charge in [-0.1, -0.05) is 6.92 Å². The van der Waals surface area contributed by atoms with Crippen molar-refractivity contribution in [2.75, 3.05) is 0 Å². The molecule has 0 nitrogen and oxygen atoms in total. The molecule has 0 atom stereocenters. The lowest BCUT2D eigenvalue weighted by molar-refractivity contribution is -0.131. The smallest absolute Gasteiger partial charge is 0.215 e. The van der Waals surface area contributed by atoms with Gasteiger partial charge in [-0.2, -0.15) is 13.2 Å². The highest BCUT2D eigenvalue weighted by molar-refractivity contribution is 5.15. The minimum Gasteiger partial charge on any atom is -0.215 e. The lowest BCUT2D eigenvalue weighted by Gasteiger charge is -2.18. The Labute approximate surface area is 64.9 Å². The fourth-order valence-electron chi connectivity index (χ4n) is 0.539.